The molecule has 17 heavy (non-hydrogen) atoms. The highest BCUT2D eigenvalue weighted by Gasteiger charge is 2.13. The largest absolute Gasteiger partial charge is 0.399 e. The monoisotopic (exact) mass is 235 g/mol. The van der Waals surface area contributed by atoms with E-state index in [-0.39, 0.29) is 12.1 Å². The molecule has 0 fully saturated rings. The van der Waals surface area contributed by atoms with Crippen molar-refractivity contribution in [2.45, 2.75) is 33.9 Å². The summed E-state index contributed by atoms with van der Waals surface area (Å²) in [5.74, 6) is -0.0249. The molecule has 0 aliphatic rings. The SMILES string of the molecule is CCN(c1ccc(N)c(C)c1)C(C)NC(C)=O. The second-order valence-corrected chi connectivity index (χ2v) is 4.20. The van der Waals surface area contributed by atoms with Gasteiger partial charge in [0.15, 0.2) is 0 Å². The minimum Gasteiger partial charge on any atom is -0.399 e. The third-order valence-corrected chi connectivity index (χ3v) is 2.81. The number of carbonyl (C=O) groups is 1. The smallest absolute Gasteiger partial charge is 0.218 e. The van der Waals surface area contributed by atoms with Gasteiger partial charge in [-0.2, -0.15) is 0 Å². The van der Waals surface area contributed by atoms with Gasteiger partial charge in [0.1, 0.15) is 0 Å². The van der Waals surface area contributed by atoms with Crippen molar-refractivity contribution >= 4 is 17.3 Å². The number of nitrogen functional groups attached to an aromatic ring is 1. The molecule has 0 saturated carbocycles. The minimum absolute atomic E-state index is 0.0249. The highest BCUT2D eigenvalue weighted by atomic mass is 16.1. The van der Waals surface area contributed by atoms with E-state index in [4.69, 9.17) is 5.73 Å². The Morgan fingerprint density at radius 2 is 2.18 bits per heavy atom. The standard InChI is InChI=1S/C13H21N3O/c1-5-16(10(3)15-11(4)17)12-6-7-13(14)9(2)8-12/h6-8,10H,5,14H2,1-4H3,(H,15,17). The van der Waals surface area contributed by atoms with Crippen molar-refractivity contribution in [1.29, 1.82) is 0 Å². The average Bonchev–Trinajstić information content (AvgIpc) is 2.23. The van der Waals surface area contributed by atoms with Gasteiger partial charge in [-0.05, 0) is 44.5 Å². The third-order valence-electron chi connectivity index (χ3n) is 2.81. The summed E-state index contributed by atoms with van der Waals surface area (Å²) in [6.07, 6.45) is -0.0273. The summed E-state index contributed by atoms with van der Waals surface area (Å²) in [6.45, 7) is 8.36. The fourth-order valence-electron chi connectivity index (χ4n) is 1.89. The van der Waals surface area contributed by atoms with Crippen molar-refractivity contribution in [2.24, 2.45) is 0 Å². The summed E-state index contributed by atoms with van der Waals surface area (Å²) >= 11 is 0. The van der Waals surface area contributed by atoms with Gasteiger partial charge in [0.05, 0.1) is 6.17 Å². The molecule has 0 heterocycles. The summed E-state index contributed by atoms with van der Waals surface area (Å²) in [5, 5.41) is 2.88. The molecule has 1 aromatic carbocycles. The Hall–Kier alpha value is -1.71. The van der Waals surface area contributed by atoms with Gasteiger partial charge in [0.25, 0.3) is 0 Å². The van der Waals surface area contributed by atoms with Crippen LogP contribution in [-0.4, -0.2) is 18.6 Å². The fourth-order valence-corrected chi connectivity index (χ4v) is 1.89. The molecule has 94 valence electrons. The molecule has 0 radical (unpaired) electrons. The number of hydrogen-bond acceptors (Lipinski definition) is 3. The third kappa shape index (κ3) is 3.37. The topological polar surface area (TPSA) is 58.4 Å². The number of benzene rings is 1. The second-order valence-electron chi connectivity index (χ2n) is 4.20. The van der Waals surface area contributed by atoms with E-state index in [2.05, 4.69) is 17.1 Å². The van der Waals surface area contributed by atoms with Gasteiger partial charge in [-0.1, -0.05) is 0 Å². The Kier molecular flexibility index (Phi) is 4.37. The molecule has 3 N–H and O–H groups in total. The number of amides is 1. The van der Waals surface area contributed by atoms with E-state index in [1.54, 1.807) is 0 Å². The van der Waals surface area contributed by atoms with Crippen LogP contribution < -0.4 is 16.0 Å². The molecule has 0 aromatic heterocycles. The van der Waals surface area contributed by atoms with E-state index in [9.17, 15) is 4.79 Å². The Morgan fingerprint density at radius 1 is 1.53 bits per heavy atom. The van der Waals surface area contributed by atoms with Crippen LogP contribution in [0.4, 0.5) is 11.4 Å². The van der Waals surface area contributed by atoms with Crippen LogP contribution >= 0.6 is 0 Å². The first kappa shape index (κ1) is 13.4. The predicted molar refractivity (Wildman–Crippen MR) is 71.9 cm³/mol. The maximum Gasteiger partial charge on any atom is 0.218 e. The molecular formula is C13H21N3O. The lowest BCUT2D eigenvalue weighted by Crippen LogP contribution is -2.45. The van der Waals surface area contributed by atoms with E-state index < -0.39 is 0 Å². The van der Waals surface area contributed by atoms with Crippen molar-refractivity contribution in [2.75, 3.05) is 17.2 Å². The second kappa shape index (κ2) is 5.57. The molecule has 1 unspecified atom stereocenters. The minimum atomic E-state index is -0.0273. The molecule has 1 aromatic rings. The van der Waals surface area contributed by atoms with E-state index >= 15 is 0 Å². The van der Waals surface area contributed by atoms with E-state index in [0.717, 1.165) is 23.5 Å². The van der Waals surface area contributed by atoms with Crippen LogP contribution in [0.3, 0.4) is 0 Å². The molecule has 0 bridgehead atoms. The van der Waals surface area contributed by atoms with Gasteiger partial charge >= 0.3 is 0 Å². The zero-order valence-electron chi connectivity index (χ0n) is 10.9. The van der Waals surface area contributed by atoms with E-state index in [1.165, 1.54) is 6.92 Å². The van der Waals surface area contributed by atoms with Crippen LogP contribution in [0.2, 0.25) is 0 Å². The van der Waals surface area contributed by atoms with Gasteiger partial charge < -0.3 is 16.0 Å². The molecule has 0 spiro atoms. The van der Waals surface area contributed by atoms with Gasteiger partial charge in [0, 0.05) is 24.8 Å². The van der Waals surface area contributed by atoms with Crippen LogP contribution in [0, 0.1) is 6.92 Å². The van der Waals surface area contributed by atoms with Gasteiger partial charge in [0.2, 0.25) is 5.91 Å². The summed E-state index contributed by atoms with van der Waals surface area (Å²) in [5.41, 5.74) is 8.71. The lowest BCUT2D eigenvalue weighted by atomic mass is 10.1. The molecule has 1 atom stereocenters. The normalized spacial score (nSPS) is 12.0. The highest BCUT2D eigenvalue weighted by Crippen LogP contribution is 2.21. The van der Waals surface area contributed by atoms with Crippen molar-refractivity contribution in [3.05, 3.63) is 23.8 Å². The first-order chi connectivity index (χ1) is 7.95. The van der Waals surface area contributed by atoms with Crippen LogP contribution in [0.15, 0.2) is 18.2 Å². The molecule has 0 saturated heterocycles. The number of carbonyl (C=O) groups excluding carboxylic acids is 1. The molecule has 0 aliphatic carbocycles. The highest BCUT2D eigenvalue weighted by molar-refractivity contribution is 5.73. The predicted octanol–water partition coefficient (Wildman–Crippen LogP) is 1.89. The number of hydrogen-bond donors (Lipinski definition) is 2. The van der Waals surface area contributed by atoms with Crippen LogP contribution in [0.1, 0.15) is 26.3 Å². The molecule has 4 heteroatoms. The van der Waals surface area contributed by atoms with Crippen molar-refractivity contribution in [1.82, 2.24) is 5.32 Å². The number of nitrogens with one attached hydrogen (secondary N) is 1. The summed E-state index contributed by atoms with van der Waals surface area (Å²) in [4.78, 5) is 13.2. The Bertz CT molecular complexity index is 404. The van der Waals surface area contributed by atoms with Gasteiger partial charge in [-0.3, -0.25) is 4.79 Å². The van der Waals surface area contributed by atoms with Crippen molar-refractivity contribution < 1.29 is 4.79 Å². The number of nitrogens with two attached hydrogens (primary N) is 1. The van der Waals surface area contributed by atoms with Gasteiger partial charge in [-0.25, -0.2) is 0 Å². The van der Waals surface area contributed by atoms with Gasteiger partial charge in [-0.15, -0.1) is 0 Å². The first-order valence-electron chi connectivity index (χ1n) is 5.85. The molecular weight excluding hydrogens is 214 g/mol. The lowest BCUT2D eigenvalue weighted by Gasteiger charge is -2.30. The molecule has 0 aliphatic heterocycles. The zero-order chi connectivity index (χ0) is 13.0. The number of anilines is 2. The van der Waals surface area contributed by atoms with Crippen molar-refractivity contribution in [3.63, 3.8) is 0 Å². The fraction of sp³-hybridized carbons (Fsp3) is 0.462. The molecule has 1 rings (SSSR count). The summed E-state index contributed by atoms with van der Waals surface area (Å²) in [7, 11) is 0. The van der Waals surface area contributed by atoms with Crippen LogP contribution in [0.25, 0.3) is 0 Å². The van der Waals surface area contributed by atoms with Crippen LogP contribution in [0.5, 0.6) is 0 Å². The lowest BCUT2D eigenvalue weighted by molar-refractivity contribution is -0.119. The number of aryl methyl sites for hydroxylation is 1. The Labute approximate surface area is 103 Å². The van der Waals surface area contributed by atoms with Crippen LogP contribution in [-0.2, 0) is 4.79 Å². The zero-order valence-corrected chi connectivity index (χ0v) is 10.9. The quantitative estimate of drug-likeness (QED) is 0.619. The first-order valence-corrected chi connectivity index (χ1v) is 5.85. The number of nitrogens with zero attached hydrogens (tertiary/aromatic N) is 1. The average molecular weight is 235 g/mol. The number of rotatable bonds is 4. The maximum atomic E-state index is 11.1. The van der Waals surface area contributed by atoms with E-state index in [0.29, 0.717) is 0 Å². The molecule has 1 amide bonds. The van der Waals surface area contributed by atoms with Crippen molar-refractivity contribution in [3.8, 4) is 0 Å². The summed E-state index contributed by atoms with van der Waals surface area (Å²) in [6, 6.07) is 5.91. The van der Waals surface area contributed by atoms with E-state index in [1.807, 2.05) is 32.0 Å². The maximum absolute atomic E-state index is 11.1. The Morgan fingerprint density at radius 3 is 2.65 bits per heavy atom. The molecule has 4 nitrogen and oxygen atoms in total. The summed E-state index contributed by atoms with van der Waals surface area (Å²) < 4.78 is 0. The Balaban J connectivity index is 2.92.